The molecular weight excluding hydrogens is 234 g/mol. The maximum atomic E-state index is 14.0. The first-order valence-corrected chi connectivity index (χ1v) is 6.36. The third-order valence-corrected chi connectivity index (χ3v) is 3.60. The van der Waals surface area contributed by atoms with Gasteiger partial charge in [-0.05, 0) is 24.3 Å². The van der Waals surface area contributed by atoms with Crippen LogP contribution in [0.4, 0.5) is 14.5 Å². The number of hydrogen-bond donors (Lipinski definition) is 1. The number of benzene rings is 1. The quantitative estimate of drug-likeness (QED) is 0.879. The summed E-state index contributed by atoms with van der Waals surface area (Å²) in [5.41, 5.74) is 6.11. The summed E-state index contributed by atoms with van der Waals surface area (Å²) in [6.07, 6.45) is 2.13. The van der Waals surface area contributed by atoms with Crippen molar-refractivity contribution in [2.24, 2.45) is 11.1 Å². The van der Waals surface area contributed by atoms with Gasteiger partial charge in [0, 0.05) is 25.2 Å². The Bertz CT molecular complexity index is 444. The molecule has 0 spiro atoms. The molecule has 0 aliphatic carbocycles. The third-order valence-electron chi connectivity index (χ3n) is 3.60. The fourth-order valence-corrected chi connectivity index (χ4v) is 2.61. The van der Waals surface area contributed by atoms with Crippen LogP contribution in [-0.4, -0.2) is 13.1 Å². The minimum Gasteiger partial charge on any atom is -0.369 e. The first-order chi connectivity index (χ1) is 8.44. The van der Waals surface area contributed by atoms with Gasteiger partial charge in [0.15, 0.2) is 11.6 Å². The van der Waals surface area contributed by atoms with E-state index >= 15 is 0 Å². The Labute approximate surface area is 107 Å². The smallest absolute Gasteiger partial charge is 0.182 e. The fraction of sp³-hybridized carbons (Fsp3) is 0.571. The molecule has 0 unspecified atom stereocenters. The molecule has 1 fully saturated rings. The summed E-state index contributed by atoms with van der Waals surface area (Å²) in [6.45, 7) is 5.87. The number of halogens is 2. The van der Waals surface area contributed by atoms with E-state index in [-0.39, 0.29) is 17.5 Å². The van der Waals surface area contributed by atoms with Gasteiger partial charge in [-0.15, -0.1) is 0 Å². The summed E-state index contributed by atoms with van der Waals surface area (Å²) in [5.74, 6) is -1.57. The maximum Gasteiger partial charge on any atom is 0.182 e. The van der Waals surface area contributed by atoms with Gasteiger partial charge in [-0.3, -0.25) is 0 Å². The maximum absolute atomic E-state index is 14.0. The van der Waals surface area contributed by atoms with E-state index in [1.165, 1.54) is 0 Å². The topological polar surface area (TPSA) is 29.3 Å². The number of nitrogens with two attached hydrogens (primary N) is 1. The van der Waals surface area contributed by atoms with Crippen LogP contribution in [0.3, 0.4) is 0 Å². The Hall–Kier alpha value is -1.16. The molecule has 0 atom stereocenters. The van der Waals surface area contributed by atoms with Crippen molar-refractivity contribution < 1.29 is 8.78 Å². The Morgan fingerprint density at radius 2 is 2.00 bits per heavy atom. The van der Waals surface area contributed by atoms with Crippen LogP contribution in [0.25, 0.3) is 0 Å². The second-order valence-corrected chi connectivity index (χ2v) is 5.77. The zero-order chi connectivity index (χ0) is 13.3. The molecule has 2 rings (SSSR count). The lowest BCUT2D eigenvalue weighted by atomic mass is 9.84. The Morgan fingerprint density at radius 1 is 1.28 bits per heavy atom. The first kappa shape index (κ1) is 13.3. The minimum atomic E-state index is -0.807. The lowest BCUT2D eigenvalue weighted by Crippen LogP contribution is -2.40. The van der Waals surface area contributed by atoms with E-state index in [2.05, 4.69) is 13.8 Å². The van der Waals surface area contributed by atoms with Crippen molar-refractivity contribution in [3.8, 4) is 0 Å². The summed E-state index contributed by atoms with van der Waals surface area (Å²) < 4.78 is 27.7. The van der Waals surface area contributed by atoms with Crippen molar-refractivity contribution in [3.05, 3.63) is 29.3 Å². The Morgan fingerprint density at radius 3 is 2.61 bits per heavy atom. The Kier molecular flexibility index (Phi) is 3.57. The highest BCUT2D eigenvalue weighted by Crippen LogP contribution is 2.33. The van der Waals surface area contributed by atoms with E-state index in [0.29, 0.717) is 5.69 Å². The molecule has 0 aromatic heterocycles. The SMILES string of the molecule is CC1(C)CCCN(c2ccc(CN)c(F)c2F)C1. The van der Waals surface area contributed by atoms with Crippen LogP contribution in [0, 0.1) is 17.0 Å². The largest absolute Gasteiger partial charge is 0.369 e. The summed E-state index contributed by atoms with van der Waals surface area (Å²) in [7, 11) is 0. The summed E-state index contributed by atoms with van der Waals surface area (Å²) in [6, 6.07) is 3.22. The highest BCUT2D eigenvalue weighted by molar-refractivity contribution is 5.50. The van der Waals surface area contributed by atoms with Crippen molar-refractivity contribution in [2.75, 3.05) is 18.0 Å². The van der Waals surface area contributed by atoms with E-state index in [4.69, 9.17) is 5.73 Å². The molecule has 0 amide bonds. The van der Waals surface area contributed by atoms with Crippen molar-refractivity contribution in [1.29, 1.82) is 0 Å². The van der Waals surface area contributed by atoms with Crippen LogP contribution in [0.1, 0.15) is 32.3 Å². The average molecular weight is 254 g/mol. The second-order valence-electron chi connectivity index (χ2n) is 5.77. The molecule has 0 bridgehead atoms. The minimum absolute atomic E-state index is 0.0223. The number of hydrogen-bond acceptors (Lipinski definition) is 2. The zero-order valence-electron chi connectivity index (χ0n) is 11.0. The standard InChI is InChI=1S/C14H20F2N2/c1-14(2)6-3-7-18(9-14)11-5-4-10(8-17)12(15)13(11)16/h4-5H,3,6-9,17H2,1-2H3. The van der Waals surface area contributed by atoms with Gasteiger partial charge in [0.1, 0.15) is 0 Å². The molecule has 1 heterocycles. The normalized spacial score (nSPS) is 19.1. The molecule has 1 aliphatic heterocycles. The summed E-state index contributed by atoms with van der Waals surface area (Å²) in [5, 5.41) is 0. The molecule has 0 saturated carbocycles. The van der Waals surface area contributed by atoms with Crippen LogP contribution >= 0.6 is 0 Å². The van der Waals surface area contributed by atoms with Gasteiger partial charge in [0.2, 0.25) is 0 Å². The second kappa shape index (κ2) is 4.84. The van der Waals surface area contributed by atoms with Crippen molar-refractivity contribution >= 4 is 5.69 Å². The van der Waals surface area contributed by atoms with E-state index in [9.17, 15) is 8.78 Å². The highest BCUT2D eigenvalue weighted by Gasteiger charge is 2.28. The number of piperidine rings is 1. The molecule has 1 saturated heterocycles. The van der Waals surface area contributed by atoms with Crippen molar-refractivity contribution in [1.82, 2.24) is 0 Å². The molecule has 2 N–H and O–H groups in total. The molecule has 0 radical (unpaired) electrons. The van der Waals surface area contributed by atoms with E-state index in [0.717, 1.165) is 25.9 Å². The molecule has 100 valence electrons. The monoisotopic (exact) mass is 254 g/mol. The zero-order valence-corrected chi connectivity index (χ0v) is 11.0. The lowest BCUT2D eigenvalue weighted by molar-refractivity contribution is 0.291. The van der Waals surface area contributed by atoms with Gasteiger partial charge in [-0.1, -0.05) is 19.9 Å². The molecule has 1 aliphatic rings. The number of nitrogens with zero attached hydrogens (tertiary/aromatic N) is 1. The predicted molar refractivity (Wildman–Crippen MR) is 69.5 cm³/mol. The first-order valence-electron chi connectivity index (χ1n) is 6.36. The lowest BCUT2D eigenvalue weighted by Gasteiger charge is -2.39. The molecule has 4 heteroatoms. The van der Waals surface area contributed by atoms with Gasteiger partial charge in [0.05, 0.1) is 5.69 Å². The average Bonchev–Trinajstić information content (AvgIpc) is 2.31. The molecular formula is C14H20F2N2. The predicted octanol–water partition coefficient (Wildman–Crippen LogP) is 3.05. The molecule has 1 aromatic carbocycles. The summed E-state index contributed by atoms with van der Waals surface area (Å²) >= 11 is 0. The molecule has 18 heavy (non-hydrogen) atoms. The van der Waals surface area contributed by atoms with Gasteiger partial charge in [-0.2, -0.15) is 0 Å². The van der Waals surface area contributed by atoms with E-state index in [1.54, 1.807) is 12.1 Å². The number of rotatable bonds is 2. The van der Waals surface area contributed by atoms with Crippen molar-refractivity contribution in [2.45, 2.75) is 33.2 Å². The van der Waals surface area contributed by atoms with Gasteiger partial charge < -0.3 is 10.6 Å². The van der Waals surface area contributed by atoms with Gasteiger partial charge >= 0.3 is 0 Å². The van der Waals surface area contributed by atoms with Crippen molar-refractivity contribution in [3.63, 3.8) is 0 Å². The highest BCUT2D eigenvalue weighted by atomic mass is 19.2. The fourth-order valence-electron chi connectivity index (χ4n) is 2.61. The van der Waals surface area contributed by atoms with E-state index in [1.807, 2.05) is 4.90 Å². The van der Waals surface area contributed by atoms with Crippen LogP contribution in [-0.2, 0) is 6.54 Å². The third kappa shape index (κ3) is 2.48. The molecule has 1 aromatic rings. The van der Waals surface area contributed by atoms with Crippen LogP contribution in [0.5, 0.6) is 0 Å². The van der Waals surface area contributed by atoms with Gasteiger partial charge in [0.25, 0.3) is 0 Å². The number of anilines is 1. The van der Waals surface area contributed by atoms with Crippen LogP contribution < -0.4 is 10.6 Å². The molecule has 2 nitrogen and oxygen atoms in total. The van der Waals surface area contributed by atoms with Gasteiger partial charge in [-0.25, -0.2) is 8.78 Å². The van der Waals surface area contributed by atoms with Crippen LogP contribution in [0.2, 0.25) is 0 Å². The van der Waals surface area contributed by atoms with Crippen LogP contribution in [0.15, 0.2) is 12.1 Å². The van der Waals surface area contributed by atoms with E-state index < -0.39 is 11.6 Å². The Balaban J connectivity index is 2.31. The summed E-state index contributed by atoms with van der Waals surface area (Å²) in [4.78, 5) is 1.93.